The molecule has 7 heteroatoms. The lowest BCUT2D eigenvalue weighted by Gasteiger charge is -2.31. The molecule has 2 aliphatic rings. The zero-order valence-electron chi connectivity index (χ0n) is 15.1. The lowest BCUT2D eigenvalue weighted by molar-refractivity contribution is -0.125. The van der Waals surface area contributed by atoms with E-state index in [2.05, 4.69) is 25.1 Å². The predicted octanol–water partition coefficient (Wildman–Crippen LogP) is 1.23. The van der Waals surface area contributed by atoms with Crippen LogP contribution < -0.4 is 10.2 Å². The molecule has 2 aliphatic heterocycles. The quantitative estimate of drug-likeness (QED) is 0.842. The summed E-state index contributed by atoms with van der Waals surface area (Å²) in [7, 11) is 0. The molecule has 1 aromatic heterocycles. The number of hydrogen-bond donors (Lipinski definition) is 2. The van der Waals surface area contributed by atoms with Crippen LogP contribution in [0.1, 0.15) is 12.8 Å². The third kappa shape index (κ3) is 3.99. The molecular weight excluding hydrogens is 330 g/mol. The van der Waals surface area contributed by atoms with Crippen LogP contribution in [0.3, 0.4) is 0 Å². The van der Waals surface area contributed by atoms with Crippen LogP contribution in [-0.2, 0) is 9.53 Å². The van der Waals surface area contributed by atoms with Crippen molar-refractivity contribution in [3.63, 3.8) is 0 Å². The number of carbonyl (C=O) groups is 1. The fraction of sp³-hybridized carbons (Fsp3) is 0.579. The number of nitrogens with zero attached hydrogens (tertiary/aromatic N) is 3. The number of amides is 1. The van der Waals surface area contributed by atoms with Gasteiger partial charge in [-0.15, -0.1) is 0 Å². The predicted molar refractivity (Wildman–Crippen MR) is 101 cm³/mol. The highest BCUT2D eigenvalue weighted by Crippen LogP contribution is 2.23. The molecule has 0 saturated carbocycles. The minimum Gasteiger partial charge on any atom is -0.379 e. The van der Waals surface area contributed by atoms with E-state index in [1.54, 1.807) is 0 Å². The van der Waals surface area contributed by atoms with E-state index in [1.807, 2.05) is 24.3 Å². The Morgan fingerprint density at radius 3 is 2.73 bits per heavy atom. The van der Waals surface area contributed by atoms with Gasteiger partial charge >= 0.3 is 0 Å². The SMILES string of the molecule is O=C(NCCN1CCOCC1)C1CCN(c2nc3ccccc3[nH]2)CC1. The van der Waals surface area contributed by atoms with Gasteiger partial charge in [0.2, 0.25) is 11.9 Å². The first-order valence-corrected chi connectivity index (χ1v) is 9.57. The molecule has 2 aromatic rings. The lowest BCUT2D eigenvalue weighted by Crippen LogP contribution is -2.44. The van der Waals surface area contributed by atoms with Crippen molar-refractivity contribution in [3.8, 4) is 0 Å². The maximum atomic E-state index is 12.4. The number of nitrogens with one attached hydrogen (secondary N) is 2. The lowest BCUT2D eigenvalue weighted by atomic mass is 9.96. The van der Waals surface area contributed by atoms with Gasteiger partial charge in [-0.3, -0.25) is 9.69 Å². The molecule has 0 atom stereocenters. The van der Waals surface area contributed by atoms with Crippen molar-refractivity contribution in [3.05, 3.63) is 24.3 Å². The van der Waals surface area contributed by atoms with Crippen molar-refractivity contribution in [2.24, 2.45) is 5.92 Å². The second-order valence-electron chi connectivity index (χ2n) is 7.08. The number of anilines is 1. The summed E-state index contributed by atoms with van der Waals surface area (Å²) in [5.74, 6) is 1.22. The Bertz CT molecular complexity index is 699. The van der Waals surface area contributed by atoms with Gasteiger partial charge in [-0.1, -0.05) is 12.1 Å². The number of aromatic amines is 1. The van der Waals surface area contributed by atoms with Gasteiger partial charge < -0.3 is 19.9 Å². The summed E-state index contributed by atoms with van der Waals surface area (Å²) >= 11 is 0. The standard InChI is InChI=1S/C19H27N5O2/c25-18(20-7-10-23-11-13-26-14-12-23)15-5-8-24(9-6-15)19-21-16-3-1-2-4-17(16)22-19/h1-4,15H,5-14H2,(H,20,25)(H,21,22). The molecule has 2 N–H and O–H groups in total. The molecular formula is C19H27N5O2. The summed E-state index contributed by atoms with van der Waals surface area (Å²) < 4.78 is 5.35. The number of carbonyl (C=O) groups excluding carboxylic acids is 1. The third-order valence-corrected chi connectivity index (χ3v) is 5.37. The highest BCUT2D eigenvalue weighted by atomic mass is 16.5. The van der Waals surface area contributed by atoms with E-state index in [4.69, 9.17) is 4.74 Å². The highest BCUT2D eigenvalue weighted by molar-refractivity contribution is 5.79. The van der Waals surface area contributed by atoms with E-state index >= 15 is 0 Å². The maximum Gasteiger partial charge on any atom is 0.223 e. The van der Waals surface area contributed by atoms with Crippen LogP contribution in [0.2, 0.25) is 0 Å². The van der Waals surface area contributed by atoms with E-state index in [-0.39, 0.29) is 11.8 Å². The minimum atomic E-state index is 0.111. The molecule has 1 amide bonds. The summed E-state index contributed by atoms with van der Waals surface area (Å²) in [5.41, 5.74) is 2.05. The van der Waals surface area contributed by atoms with Gasteiger partial charge in [0.1, 0.15) is 0 Å². The molecule has 2 fully saturated rings. The summed E-state index contributed by atoms with van der Waals surface area (Å²) in [5, 5.41) is 3.11. The van der Waals surface area contributed by atoms with E-state index in [0.29, 0.717) is 0 Å². The second kappa shape index (κ2) is 8.05. The summed E-state index contributed by atoms with van der Waals surface area (Å²) in [6, 6.07) is 8.07. The van der Waals surface area contributed by atoms with Crippen LogP contribution >= 0.6 is 0 Å². The van der Waals surface area contributed by atoms with Crippen LogP contribution in [-0.4, -0.2) is 73.3 Å². The minimum absolute atomic E-state index is 0.111. The first kappa shape index (κ1) is 17.3. The molecule has 2 saturated heterocycles. The first-order valence-electron chi connectivity index (χ1n) is 9.57. The van der Waals surface area contributed by atoms with E-state index < -0.39 is 0 Å². The Hall–Kier alpha value is -2.12. The van der Waals surface area contributed by atoms with Gasteiger partial charge in [0.15, 0.2) is 0 Å². The number of fused-ring (bicyclic) bond motifs is 1. The second-order valence-corrected chi connectivity index (χ2v) is 7.08. The monoisotopic (exact) mass is 357 g/mol. The number of imidazole rings is 1. The zero-order chi connectivity index (χ0) is 17.8. The summed E-state index contributed by atoms with van der Waals surface area (Å²) in [4.78, 5) is 25.1. The smallest absolute Gasteiger partial charge is 0.223 e. The number of piperidine rings is 1. The molecule has 1 aromatic carbocycles. The normalized spacial score (nSPS) is 19.8. The Morgan fingerprint density at radius 2 is 1.96 bits per heavy atom. The third-order valence-electron chi connectivity index (χ3n) is 5.37. The number of H-pyrrole nitrogens is 1. The number of benzene rings is 1. The van der Waals surface area contributed by atoms with Crippen molar-refractivity contribution >= 4 is 22.9 Å². The molecule has 0 aliphatic carbocycles. The highest BCUT2D eigenvalue weighted by Gasteiger charge is 2.26. The number of aromatic nitrogens is 2. The van der Waals surface area contributed by atoms with Crippen LogP contribution in [0.4, 0.5) is 5.95 Å². The number of hydrogen-bond acceptors (Lipinski definition) is 5. The number of rotatable bonds is 5. The fourth-order valence-electron chi connectivity index (χ4n) is 3.75. The molecule has 0 unspecified atom stereocenters. The van der Waals surface area contributed by atoms with Crippen molar-refractivity contribution in [1.82, 2.24) is 20.2 Å². The number of ether oxygens (including phenoxy) is 1. The molecule has 3 heterocycles. The van der Waals surface area contributed by atoms with Gasteiger partial charge in [-0.2, -0.15) is 0 Å². The molecule has 140 valence electrons. The van der Waals surface area contributed by atoms with Crippen molar-refractivity contribution in [2.45, 2.75) is 12.8 Å². The average Bonchev–Trinajstić information content (AvgIpc) is 3.13. The Balaban J connectivity index is 1.23. The summed E-state index contributed by atoms with van der Waals surface area (Å²) in [6.07, 6.45) is 1.75. The van der Waals surface area contributed by atoms with Gasteiger partial charge in [0, 0.05) is 45.2 Å². The van der Waals surface area contributed by atoms with Gasteiger partial charge in [-0.05, 0) is 25.0 Å². The molecule has 0 radical (unpaired) electrons. The van der Waals surface area contributed by atoms with Gasteiger partial charge in [0.25, 0.3) is 0 Å². The molecule has 26 heavy (non-hydrogen) atoms. The van der Waals surface area contributed by atoms with E-state index in [0.717, 1.165) is 82.3 Å². The molecule has 0 spiro atoms. The van der Waals surface area contributed by atoms with Crippen LogP contribution in [0.25, 0.3) is 11.0 Å². The van der Waals surface area contributed by atoms with E-state index in [9.17, 15) is 4.79 Å². The summed E-state index contributed by atoms with van der Waals surface area (Å²) in [6.45, 7) is 6.89. The number of morpholine rings is 1. The largest absolute Gasteiger partial charge is 0.379 e. The van der Waals surface area contributed by atoms with Gasteiger partial charge in [-0.25, -0.2) is 4.98 Å². The van der Waals surface area contributed by atoms with Crippen molar-refractivity contribution < 1.29 is 9.53 Å². The Kier molecular flexibility index (Phi) is 5.36. The van der Waals surface area contributed by atoms with Crippen LogP contribution in [0.5, 0.6) is 0 Å². The van der Waals surface area contributed by atoms with Crippen LogP contribution in [0, 0.1) is 5.92 Å². The Morgan fingerprint density at radius 1 is 1.19 bits per heavy atom. The molecule has 7 nitrogen and oxygen atoms in total. The maximum absolute atomic E-state index is 12.4. The van der Waals surface area contributed by atoms with Crippen molar-refractivity contribution in [1.29, 1.82) is 0 Å². The first-order chi connectivity index (χ1) is 12.8. The van der Waals surface area contributed by atoms with Crippen LogP contribution in [0.15, 0.2) is 24.3 Å². The van der Waals surface area contributed by atoms with Gasteiger partial charge in [0.05, 0.1) is 24.2 Å². The Labute approximate surface area is 153 Å². The fourth-order valence-corrected chi connectivity index (χ4v) is 3.75. The molecule has 0 bridgehead atoms. The zero-order valence-corrected chi connectivity index (χ0v) is 15.1. The molecule has 4 rings (SSSR count). The van der Waals surface area contributed by atoms with E-state index in [1.165, 1.54) is 0 Å². The topological polar surface area (TPSA) is 73.5 Å². The van der Waals surface area contributed by atoms with Crippen molar-refractivity contribution in [2.75, 3.05) is 57.4 Å². The number of para-hydroxylation sites is 2. The average molecular weight is 357 g/mol.